The maximum atomic E-state index is 5.11. The largest absolute Gasteiger partial charge is 0.383 e. The summed E-state index contributed by atoms with van der Waals surface area (Å²) >= 11 is 0. The van der Waals surface area contributed by atoms with Gasteiger partial charge in [-0.25, -0.2) is 0 Å². The number of hydrogen-bond donors (Lipinski definition) is 1. The lowest BCUT2D eigenvalue weighted by atomic mass is 10.2. The molecule has 0 saturated heterocycles. The topological polar surface area (TPSA) is 24.5 Å². The van der Waals surface area contributed by atoms with Crippen molar-refractivity contribution in [1.29, 1.82) is 0 Å². The van der Waals surface area contributed by atoms with E-state index in [9.17, 15) is 0 Å². The zero-order valence-electron chi connectivity index (χ0n) is 10.8. The first-order valence-corrected chi connectivity index (χ1v) is 6.36. The summed E-state index contributed by atoms with van der Waals surface area (Å²) in [6.07, 6.45) is 1.18. The second-order valence-electron chi connectivity index (χ2n) is 4.68. The van der Waals surface area contributed by atoms with Gasteiger partial charge in [-0.3, -0.25) is 0 Å². The minimum atomic E-state index is 0.429. The van der Waals surface area contributed by atoms with Crippen LogP contribution in [0.5, 0.6) is 0 Å². The molecule has 0 radical (unpaired) electrons. The Balaban J connectivity index is 1.78. The van der Waals surface area contributed by atoms with E-state index in [1.165, 1.54) is 17.7 Å². The first-order valence-electron chi connectivity index (χ1n) is 6.36. The molecule has 0 spiro atoms. The van der Waals surface area contributed by atoms with Crippen LogP contribution in [-0.2, 0) is 11.2 Å². The normalized spacial score (nSPS) is 16.0. The molecule has 0 fully saturated rings. The number of ether oxygens (including phenoxy) is 1. The predicted molar refractivity (Wildman–Crippen MR) is 71.7 cm³/mol. The third kappa shape index (κ3) is 3.20. The first kappa shape index (κ1) is 12.4. The van der Waals surface area contributed by atoms with Gasteiger partial charge in [0.1, 0.15) is 0 Å². The van der Waals surface area contributed by atoms with Crippen LogP contribution in [0.2, 0.25) is 0 Å². The van der Waals surface area contributed by atoms with Crippen LogP contribution in [0.15, 0.2) is 24.3 Å². The molecule has 1 N–H and O–H groups in total. The molecule has 1 aromatic carbocycles. The molecular weight excluding hydrogens is 212 g/mol. The fourth-order valence-electron chi connectivity index (χ4n) is 2.39. The van der Waals surface area contributed by atoms with Crippen LogP contribution in [0, 0.1) is 0 Å². The highest BCUT2D eigenvalue weighted by Crippen LogP contribution is 2.26. The minimum absolute atomic E-state index is 0.429. The molecule has 1 aliphatic rings. The van der Waals surface area contributed by atoms with Crippen LogP contribution in [0.25, 0.3) is 0 Å². The molecule has 3 heteroatoms. The minimum Gasteiger partial charge on any atom is -0.383 e. The molecule has 1 atom stereocenters. The highest BCUT2D eigenvalue weighted by molar-refractivity contribution is 5.57. The molecule has 17 heavy (non-hydrogen) atoms. The van der Waals surface area contributed by atoms with Crippen LogP contribution in [0.1, 0.15) is 12.5 Å². The summed E-state index contributed by atoms with van der Waals surface area (Å²) in [6, 6.07) is 9.13. The monoisotopic (exact) mass is 234 g/mol. The van der Waals surface area contributed by atoms with E-state index < -0.39 is 0 Å². The Labute approximate surface area is 104 Å². The molecule has 0 saturated carbocycles. The highest BCUT2D eigenvalue weighted by Gasteiger charge is 2.17. The number of anilines is 1. The zero-order chi connectivity index (χ0) is 12.1. The second kappa shape index (κ2) is 6.03. The molecule has 1 unspecified atom stereocenters. The fourth-order valence-corrected chi connectivity index (χ4v) is 2.39. The van der Waals surface area contributed by atoms with E-state index in [1.807, 2.05) is 0 Å². The van der Waals surface area contributed by atoms with Gasteiger partial charge in [0.05, 0.1) is 6.61 Å². The van der Waals surface area contributed by atoms with E-state index in [4.69, 9.17) is 4.74 Å². The Bertz CT molecular complexity index is 354. The lowest BCUT2D eigenvalue weighted by Gasteiger charge is -2.21. The first-order chi connectivity index (χ1) is 8.31. The van der Waals surface area contributed by atoms with E-state index in [0.717, 1.165) is 26.2 Å². The van der Waals surface area contributed by atoms with Crippen molar-refractivity contribution >= 4 is 5.69 Å². The maximum absolute atomic E-state index is 5.11. The molecule has 0 aliphatic carbocycles. The molecule has 0 bridgehead atoms. The van der Waals surface area contributed by atoms with Gasteiger partial charge >= 0.3 is 0 Å². The molecule has 0 aromatic heterocycles. The molecule has 0 amide bonds. The summed E-state index contributed by atoms with van der Waals surface area (Å²) in [7, 11) is 1.74. The molecule has 1 aromatic rings. The van der Waals surface area contributed by atoms with E-state index in [0.29, 0.717) is 6.04 Å². The predicted octanol–water partition coefficient (Wildman–Crippen LogP) is 1.67. The second-order valence-corrected chi connectivity index (χ2v) is 4.68. The van der Waals surface area contributed by atoms with Gasteiger partial charge in [0.2, 0.25) is 0 Å². The third-order valence-electron chi connectivity index (χ3n) is 3.27. The highest BCUT2D eigenvalue weighted by atomic mass is 16.5. The summed E-state index contributed by atoms with van der Waals surface area (Å²) in [4.78, 5) is 2.46. The Morgan fingerprint density at radius 2 is 2.24 bits per heavy atom. The van der Waals surface area contributed by atoms with Crippen LogP contribution >= 0.6 is 0 Å². The van der Waals surface area contributed by atoms with Gasteiger partial charge < -0.3 is 15.0 Å². The molecule has 1 aliphatic heterocycles. The van der Waals surface area contributed by atoms with Crippen molar-refractivity contribution in [1.82, 2.24) is 5.32 Å². The van der Waals surface area contributed by atoms with E-state index in [1.54, 1.807) is 7.11 Å². The Kier molecular flexibility index (Phi) is 4.40. The summed E-state index contributed by atoms with van der Waals surface area (Å²) in [6.45, 7) is 6.17. The standard InChI is InChI=1S/C14H22N2O/c1-12(11-17-2)15-8-10-16-9-7-13-5-3-4-6-14(13)16/h3-6,12,15H,7-11H2,1-2H3. The van der Waals surface area contributed by atoms with Gasteiger partial charge in [-0.2, -0.15) is 0 Å². The number of nitrogens with zero attached hydrogens (tertiary/aromatic N) is 1. The molecule has 1 heterocycles. The summed E-state index contributed by atoms with van der Waals surface area (Å²) in [5.41, 5.74) is 2.89. The summed E-state index contributed by atoms with van der Waals surface area (Å²) < 4.78 is 5.11. The Morgan fingerprint density at radius 3 is 3.06 bits per heavy atom. The SMILES string of the molecule is COCC(C)NCCN1CCc2ccccc21. The number of methoxy groups -OCH3 is 1. The zero-order valence-corrected chi connectivity index (χ0v) is 10.8. The third-order valence-corrected chi connectivity index (χ3v) is 3.27. The lowest BCUT2D eigenvalue weighted by Crippen LogP contribution is -2.37. The van der Waals surface area contributed by atoms with Crippen LogP contribution in [0.3, 0.4) is 0 Å². The van der Waals surface area contributed by atoms with Crippen molar-refractivity contribution in [3.8, 4) is 0 Å². The van der Waals surface area contributed by atoms with Crippen molar-refractivity contribution in [3.05, 3.63) is 29.8 Å². The fraction of sp³-hybridized carbons (Fsp3) is 0.571. The van der Waals surface area contributed by atoms with Crippen molar-refractivity contribution in [2.24, 2.45) is 0 Å². The smallest absolute Gasteiger partial charge is 0.0613 e. The van der Waals surface area contributed by atoms with Gasteiger partial charge in [0.25, 0.3) is 0 Å². The van der Waals surface area contributed by atoms with E-state index in [-0.39, 0.29) is 0 Å². The van der Waals surface area contributed by atoms with Gasteiger partial charge in [-0.15, -0.1) is 0 Å². The van der Waals surface area contributed by atoms with Gasteiger partial charge in [-0.05, 0) is 25.0 Å². The number of rotatable bonds is 6. The van der Waals surface area contributed by atoms with Gasteiger partial charge in [-0.1, -0.05) is 18.2 Å². The van der Waals surface area contributed by atoms with Crippen molar-refractivity contribution in [2.75, 3.05) is 38.3 Å². The average molecular weight is 234 g/mol. The number of benzene rings is 1. The Morgan fingerprint density at radius 1 is 1.41 bits per heavy atom. The van der Waals surface area contributed by atoms with E-state index in [2.05, 4.69) is 41.4 Å². The maximum Gasteiger partial charge on any atom is 0.0613 e. The molecule has 3 nitrogen and oxygen atoms in total. The van der Waals surface area contributed by atoms with Crippen molar-refractivity contribution in [3.63, 3.8) is 0 Å². The lowest BCUT2D eigenvalue weighted by molar-refractivity contribution is 0.172. The van der Waals surface area contributed by atoms with Crippen molar-refractivity contribution in [2.45, 2.75) is 19.4 Å². The summed E-state index contributed by atoms with van der Waals surface area (Å²) in [5, 5.41) is 3.47. The molecular formula is C14H22N2O. The van der Waals surface area contributed by atoms with Crippen LogP contribution in [0.4, 0.5) is 5.69 Å². The number of nitrogens with one attached hydrogen (secondary N) is 1. The van der Waals surface area contributed by atoms with Gasteiger partial charge in [0, 0.05) is 38.5 Å². The molecule has 94 valence electrons. The average Bonchev–Trinajstić information content (AvgIpc) is 2.73. The Hall–Kier alpha value is -1.06. The van der Waals surface area contributed by atoms with Gasteiger partial charge in [0.15, 0.2) is 0 Å². The van der Waals surface area contributed by atoms with Crippen LogP contribution < -0.4 is 10.2 Å². The number of para-hydroxylation sites is 1. The summed E-state index contributed by atoms with van der Waals surface area (Å²) in [5.74, 6) is 0. The van der Waals surface area contributed by atoms with Crippen LogP contribution in [-0.4, -0.2) is 39.4 Å². The van der Waals surface area contributed by atoms with Crippen molar-refractivity contribution < 1.29 is 4.74 Å². The number of hydrogen-bond acceptors (Lipinski definition) is 3. The quantitative estimate of drug-likeness (QED) is 0.810. The van der Waals surface area contributed by atoms with E-state index >= 15 is 0 Å². The number of fused-ring (bicyclic) bond motifs is 1. The molecule has 2 rings (SSSR count).